The van der Waals surface area contributed by atoms with E-state index < -0.39 is 5.60 Å². The van der Waals surface area contributed by atoms with Crippen LogP contribution in [-0.4, -0.2) is 52.2 Å². The van der Waals surface area contributed by atoms with Crippen LogP contribution in [0.25, 0.3) is 5.52 Å². The van der Waals surface area contributed by atoms with Crippen LogP contribution in [0.1, 0.15) is 20.8 Å². The first kappa shape index (κ1) is 14.7. The number of nitrogens with zero attached hydrogens (tertiary/aromatic N) is 4. The van der Waals surface area contributed by atoms with E-state index in [1.807, 2.05) is 43.6 Å². The number of imidazole rings is 1. The highest BCUT2D eigenvalue weighted by atomic mass is 16.6. The summed E-state index contributed by atoms with van der Waals surface area (Å²) in [4.78, 5) is 20.4. The fourth-order valence-electron chi connectivity index (χ4n) is 2.66. The minimum Gasteiger partial charge on any atom is -0.444 e. The molecule has 0 aliphatic carbocycles. The van der Waals surface area contributed by atoms with E-state index in [1.165, 1.54) is 0 Å². The third-order valence-electron chi connectivity index (χ3n) is 3.70. The van der Waals surface area contributed by atoms with Crippen molar-refractivity contribution in [3.8, 4) is 0 Å². The highest BCUT2D eigenvalue weighted by Gasteiger charge is 2.26. The Morgan fingerprint density at radius 2 is 1.95 bits per heavy atom. The van der Waals surface area contributed by atoms with Gasteiger partial charge in [-0.25, -0.2) is 9.78 Å². The van der Waals surface area contributed by atoms with Crippen LogP contribution in [0.4, 0.5) is 10.5 Å². The Bertz CT molecular complexity index is 666. The molecule has 1 fully saturated rings. The monoisotopic (exact) mass is 302 g/mol. The quantitative estimate of drug-likeness (QED) is 0.811. The minimum absolute atomic E-state index is 0.227. The predicted molar refractivity (Wildman–Crippen MR) is 85.2 cm³/mol. The molecule has 2 aromatic heterocycles. The maximum absolute atomic E-state index is 12.1. The lowest BCUT2D eigenvalue weighted by molar-refractivity contribution is 0.0240. The number of piperazine rings is 1. The second-order valence-electron chi connectivity index (χ2n) is 6.53. The molecule has 2 aromatic rings. The molecular formula is C16H22N4O2. The Morgan fingerprint density at radius 1 is 1.23 bits per heavy atom. The molecule has 3 rings (SSSR count). The van der Waals surface area contributed by atoms with Gasteiger partial charge >= 0.3 is 6.09 Å². The molecule has 6 nitrogen and oxygen atoms in total. The Morgan fingerprint density at radius 3 is 2.64 bits per heavy atom. The van der Waals surface area contributed by atoms with Gasteiger partial charge in [-0.15, -0.1) is 0 Å². The van der Waals surface area contributed by atoms with Gasteiger partial charge in [-0.05, 0) is 32.9 Å². The highest BCUT2D eigenvalue weighted by molar-refractivity contribution is 5.73. The van der Waals surface area contributed by atoms with Crippen LogP contribution in [0, 0.1) is 0 Å². The average Bonchev–Trinajstić information content (AvgIpc) is 2.94. The summed E-state index contributed by atoms with van der Waals surface area (Å²) in [5.41, 5.74) is 1.80. The molecule has 3 heterocycles. The van der Waals surface area contributed by atoms with Crippen molar-refractivity contribution in [2.24, 2.45) is 0 Å². The minimum atomic E-state index is -0.447. The number of ether oxygens (including phenoxy) is 1. The van der Waals surface area contributed by atoms with Gasteiger partial charge in [0.1, 0.15) is 5.60 Å². The third kappa shape index (κ3) is 3.00. The second kappa shape index (κ2) is 5.51. The van der Waals surface area contributed by atoms with Crippen molar-refractivity contribution in [3.63, 3.8) is 0 Å². The van der Waals surface area contributed by atoms with Crippen LogP contribution in [-0.2, 0) is 4.74 Å². The van der Waals surface area contributed by atoms with Gasteiger partial charge in [-0.1, -0.05) is 0 Å². The molecule has 0 aromatic carbocycles. The summed E-state index contributed by atoms with van der Waals surface area (Å²) >= 11 is 0. The average molecular weight is 302 g/mol. The van der Waals surface area contributed by atoms with Gasteiger partial charge in [0.15, 0.2) is 0 Å². The van der Waals surface area contributed by atoms with E-state index in [2.05, 4.69) is 16.0 Å². The molecule has 0 saturated carbocycles. The number of anilines is 1. The zero-order valence-electron chi connectivity index (χ0n) is 13.3. The van der Waals surface area contributed by atoms with Gasteiger partial charge in [0, 0.05) is 32.4 Å². The van der Waals surface area contributed by atoms with Crippen molar-refractivity contribution in [1.29, 1.82) is 0 Å². The van der Waals surface area contributed by atoms with Gasteiger partial charge in [0.2, 0.25) is 0 Å². The molecule has 0 bridgehead atoms. The number of fused-ring (bicyclic) bond motifs is 1. The topological polar surface area (TPSA) is 50.1 Å². The van der Waals surface area contributed by atoms with Crippen molar-refractivity contribution < 1.29 is 9.53 Å². The Kier molecular flexibility index (Phi) is 3.68. The first-order chi connectivity index (χ1) is 10.4. The maximum atomic E-state index is 12.1. The van der Waals surface area contributed by atoms with E-state index >= 15 is 0 Å². The summed E-state index contributed by atoms with van der Waals surface area (Å²) in [6.07, 6.45) is 5.43. The Labute approximate surface area is 130 Å². The van der Waals surface area contributed by atoms with Crippen LogP contribution in [0.5, 0.6) is 0 Å². The zero-order chi connectivity index (χ0) is 15.7. The molecule has 1 saturated heterocycles. The van der Waals surface area contributed by atoms with Crippen molar-refractivity contribution in [3.05, 3.63) is 30.9 Å². The molecule has 6 heteroatoms. The van der Waals surface area contributed by atoms with Crippen LogP contribution in [0.15, 0.2) is 30.9 Å². The van der Waals surface area contributed by atoms with Crippen molar-refractivity contribution in [2.45, 2.75) is 26.4 Å². The van der Waals surface area contributed by atoms with Crippen LogP contribution in [0.3, 0.4) is 0 Å². The summed E-state index contributed by atoms with van der Waals surface area (Å²) in [5, 5.41) is 0. The van der Waals surface area contributed by atoms with E-state index in [4.69, 9.17) is 4.74 Å². The lowest BCUT2D eigenvalue weighted by Crippen LogP contribution is -2.50. The van der Waals surface area contributed by atoms with Gasteiger partial charge in [0.05, 0.1) is 23.7 Å². The number of aromatic nitrogens is 2. The van der Waals surface area contributed by atoms with Crippen LogP contribution in [0.2, 0.25) is 0 Å². The van der Waals surface area contributed by atoms with Gasteiger partial charge in [-0.3, -0.25) is 0 Å². The zero-order valence-corrected chi connectivity index (χ0v) is 13.3. The molecule has 1 aliphatic heterocycles. The summed E-state index contributed by atoms with van der Waals surface area (Å²) in [6, 6.07) is 4.12. The number of hydrogen-bond acceptors (Lipinski definition) is 4. The first-order valence-corrected chi connectivity index (χ1v) is 7.57. The number of rotatable bonds is 1. The molecule has 0 N–H and O–H groups in total. The van der Waals surface area contributed by atoms with E-state index in [9.17, 15) is 4.79 Å². The SMILES string of the molecule is CC(C)(C)OC(=O)N1CCN(c2cccn3cncc23)CC1. The predicted octanol–water partition coefficient (Wildman–Crippen LogP) is 2.39. The normalized spacial score (nSPS) is 16.1. The van der Waals surface area contributed by atoms with E-state index in [-0.39, 0.29) is 6.09 Å². The van der Waals surface area contributed by atoms with Gasteiger partial charge in [-0.2, -0.15) is 0 Å². The lowest BCUT2D eigenvalue weighted by atomic mass is 10.2. The fourth-order valence-corrected chi connectivity index (χ4v) is 2.66. The molecule has 0 spiro atoms. The Balaban J connectivity index is 1.67. The molecular weight excluding hydrogens is 280 g/mol. The smallest absolute Gasteiger partial charge is 0.410 e. The van der Waals surface area contributed by atoms with Crippen LogP contribution >= 0.6 is 0 Å². The molecule has 118 valence electrons. The summed E-state index contributed by atoms with van der Waals surface area (Å²) in [7, 11) is 0. The fraction of sp³-hybridized carbons (Fsp3) is 0.500. The maximum Gasteiger partial charge on any atom is 0.410 e. The summed E-state index contributed by atoms with van der Waals surface area (Å²) in [5.74, 6) is 0. The van der Waals surface area contributed by atoms with Crippen LogP contribution < -0.4 is 4.90 Å². The van der Waals surface area contributed by atoms with Gasteiger partial charge in [0.25, 0.3) is 0 Å². The molecule has 22 heavy (non-hydrogen) atoms. The number of hydrogen-bond donors (Lipinski definition) is 0. The summed E-state index contributed by atoms with van der Waals surface area (Å²) < 4.78 is 7.44. The largest absolute Gasteiger partial charge is 0.444 e. The van der Waals surface area contributed by atoms with E-state index in [0.717, 1.165) is 24.3 Å². The highest BCUT2D eigenvalue weighted by Crippen LogP contribution is 2.23. The molecule has 0 radical (unpaired) electrons. The summed E-state index contributed by atoms with van der Waals surface area (Å²) in [6.45, 7) is 8.60. The van der Waals surface area contributed by atoms with Gasteiger partial charge < -0.3 is 18.9 Å². The molecule has 0 atom stereocenters. The lowest BCUT2D eigenvalue weighted by Gasteiger charge is -2.36. The van der Waals surface area contributed by atoms with E-state index in [1.54, 1.807) is 11.2 Å². The van der Waals surface area contributed by atoms with Crippen molar-refractivity contribution >= 4 is 17.3 Å². The molecule has 0 unspecified atom stereocenters. The second-order valence-corrected chi connectivity index (χ2v) is 6.53. The molecule has 1 amide bonds. The van der Waals surface area contributed by atoms with E-state index in [0.29, 0.717) is 13.1 Å². The number of carbonyl (C=O) groups is 1. The number of amides is 1. The standard InChI is InChI=1S/C16H22N4O2/c1-16(2,3)22-15(21)19-9-7-18(8-10-19)13-5-4-6-20-12-17-11-14(13)20/h4-6,11-12H,7-10H2,1-3H3. The number of pyridine rings is 1. The number of carbonyl (C=O) groups excluding carboxylic acids is 1. The third-order valence-corrected chi connectivity index (χ3v) is 3.70. The molecule has 1 aliphatic rings. The first-order valence-electron chi connectivity index (χ1n) is 7.57. The van der Waals surface area contributed by atoms with Crippen molar-refractivity contribution in [1.82, 2.24) is 14.3 Å². The van der Waals surface area contributed by atoms with Crippen molar-refractivity contribution in [2.75, 3.05) is 31.1 Å². The Hall–Kier alpha value is -2.24.